The molecule has 0 unspecified atom stereocenters. The van der Waals surface area contributed by atoms with E-state index in [0.717, 1.165) is 0 Å². The smallest absolute Gasteiger partial charge is 0.331 e. The molecular weight excluding hydrogens is 206 g/mol. The van der Waals surface area contributed by atoms with Crippen LogP contribution in [0.25, 0.3) is 0 Å². The minimum Gasteiger partial charge on any atom is -0.464 e. The van der Waals surface area contributed by atoms with Gasteiger partial charge in [0.15, 0.2) is 6.04 Å². The summed E-state index contributed by atoms with van der Waals surface area (Å²) in [4.78, 5) is 15.2. The lowest BCUT2D eigenvalue weighted by Gasteiger charge is -2.13. The van der Waals surface area contributed by atoms with E-state index in [1.54, 1.807) is 6.92 Å². The van der Waals surface area contributed by atoms with Crippen LogP contribution < -0.4 is 0 Å². The second-order valence-corrected chi connectivity index (χ2v) is 2.99. The molecular formula is C8H12ClN3O2. The van der Waals surface area contributed by atoms with Crippen LogP contribution in [-0.2, 0) is 9.53 Å². The van der Waals surface area contributed by atoms with Crippen molar-refractivity contribution in [2.45, 2.75) is 26.3 Å². The molecule has 0 spiro atoms. The van der Waals surface area contributed by atoms with E-state index in [4.69, 9.17) is 16.3 Å². The number of hydrogen-bond acceptors (Lipinski definition) is 4. The van der Waals surface area contributed by atoms with Gasteiger partial charge in [0.25, 0.3) is 0 Å². The van der Waals surface area contributed by atoms with Crippen LogP contribution in [0.2, 0.25) is 5.28 Å². The topological polar surface area (TPSA) is 57.0 Å². The van der Waals surface area contributed by atoms with Crippen LogP contribution in [0.3, 0.4) is 0 Å². The monoisotopic (exact) mass is 217 g/mol. The largest absolute Gasteiger partial charge is 0.464 e. The van der Waals surface area contributed by atoms with Gasteiger partial charge < -0.3 is 4.74 Å². The number of esters is 1. The molecule has 1 aromatic rings. The molecule has 1 aromatic heterocycles. The quantitative estimate of drug-likeness (QED) is 0.717. The summed E-state index contributed by atoms with van der Waals surface area (Å²) in [7, 11) is 0. The highest BCUT2D eigenvalue weighted by molar-refractivity contribution is 6.28. The predicted molar refractivity (Wildman–Crippen MR) is 51.0 cm³/mol. The molecule has 0 fully saturated rings. The third-order valence-corrected chi connectivity index (χ3v) is 2.04. The molecule has 6 heteroatoms. The lowest BCUT2D eigenvalue weighted by Crippen LogP contribution is -2.22. The Bertz CT molecular complexity index is 313. The van der Waals surface area contributed by atoms with E-state index in [0.29, 0.717) is 13.0 Å². The summed E-state index contributed by atoms with van der Waals surface area (Å²) in [6.07, 6.45) is 1.88. The standard InChI is InChI=1S/C8H12ClN3O2/c1-3-6(7(13)14-4-2)12-8(9)10-5-11-12/h5-6H,3-4H2,1-2H3/t6-/m0/s1. The molecule has 0 radical (unpaired) electrons. The van der Waals surface area contributed by atoms with Crippen molar-refractivity contribution >= 4 is 17.6 Å². The van der Waals surface area contributed by atoms with E-state index >= 15 is 0 Å². The van der Waals surface area contributed by atoms with Crippen molar-refractivity contribution in [3.8, 4) is 0 Å². The van der Waals surface area contributed by atoms with Gasteiger partial charge in [-0.3, -0.25) is 0 Å². The van der Waals surface area contributed by atoms with E-state index in [2.05, 4.69) is 10.1 Å². The molecule has 0 N–H and O–H groups in total. The zero-order valence-corrected chi connectivity index (χ0v) is 8.86. The zero-order valence-electron chi connectivity index (χ0n) is 8.11. The molecule has 1 atom stereocenters. The Morgan fingerprint density at radius 1 is 1.71 bits per heavy atom. The fourth-order valence-electron chi connectivity index (χ4n) is 1.12. The number of carbonyl (C=O) groups is 1. The molecule has 0 aliphatic heterocycles. The normalized spacial score (nSPS) is 12.5. The SMILES string of the molecule is CCOC(=O)[C@H](CC)n1ncnc1Cl. The van der Waals surface area contributed by atoms with E-state index < -0.39 is 6.04 Å². The van der Waals surface area contributed by atoms with Crippen LogP contribution in [0.15, 0.2) is 6.33 Å². The summed E-state index contributed by atoms with van der Waals surface area (Å²) in [5.41, 5.74) is 0. The van der Waals surface area contributed by atoms with Crippen LogP contribution in [0.5, 0.6) is 0 Å². The Balaban J connectivity index is 2.82. The van der Waals surface area contributed by atoms with Crippen LogP contribution in [-0.4, -0.2) is 27.3 Å². The van der Waals surface area contributed by atoms with Crippen molar-refractivity contribution in [1.82, 2.24) is 14.8 Å². The van der Waals surface area contributed by atoms with Gasteiger partial charge in [0.05, 0.1) is 6.61 Å². The van der Waals surface area contributed by atoms with Gasteiger partial charge in [-0.2, -0.15) is 5.10 Å². The molecule has 0 saturated carbocycles. The number of aromatic nitrogens is 3. The molecule has 0 bridgehead atoms. The van der Waals surface area contributed by atoms with Gasteiger partial charge in [-0.05, 0) is 24.9 Å². The maximum Gasteiger partial charge on any atom is 0.331 e. The first-order chi connectivity index (χ1) is 6.70. The van der Waals surface area contributed by atoms with Crippen LogP contribution in [0.4, 0.5) is 0 Å². The second-order valence-electron chi connectivity index (χ2n) is 2.65. The number of halogens is 1. The van der Waals surface area contributed by atoms with Crippen LogP contribution >= 0.6 is 11.6 Å². The van der Waals surface area contributed by atoms with Gasteiger partial charge in [0.2, 0.25) is 5.28 Å². The van der Waals surface area contributed by atoms with Gasteiger partial charge in [-0.25, -0.2) is 14.5 Å². The predicted octanol–water partition coefficient (Wildman–Crippen LogP) is 1.45. The molecule has 5 nitrogen and oxygen atoms in total. The minimum atomic E-state index is -0.482. The highest BCUT2D eigenvalue weighted by Crippen LogP contribution is 2.16. The summed E-state index contributed by atoms with van der Waals surface area (Å²) < 4.78 is 6.25. The van der Waals surface area contributed by atoms with Gasteiger partial charge in [-0.15, -0.1) is 0 Å². The van der Waals surface area contributed by atoms with E-state index in [-0.39, 0.29) is 11.3 Å². The number of hydrogen-bond donors (Lipinski definition) is 0. The second kappa shape index (κ2) is 4.95. The molecule has 78 valence electrons. The molecule has 0 saturated heterocycles. The Morgan fingerprint density at radius 2 is 2.43 bits per heavy atom. The number of carbonyl (C=O) groups excluding carboxylic acids is 1. The molecule has 1 rings (SSSR count). The van der Waals surface area contributed by atoms with E-state index in [1.165, 1.54) is 11.0 Å². The summed E-state index contributed by atoms with van der Waals surface area (Å²) >= 11 is 5.74. The fourth-order valence-corrected chi connectivity index (χ4v) is 1.33. The average Bonchev–Trinajstić information content (AvgIpc) is 2.54. The Labute approximate surface area is 87.0 Å². The third kappa shape index (κ3) is 2.23. The molecule has 14 heavy (non-hydrogen) atoms. The van der Waals surface area contributed by atoms with Crippen molar-refractivity contribution in [1.29, 1.82) is 0 Å². The van der Waals surface area contributed by atoms with Crippen molar-refractivity contribution in [3.63, 3.8) is 0 Å². The van der Waals surface area contributed by atoms with E-state index in [1.807, 2.05) is 6.92 Å². The third-order valence-electron chi connectivity index (χ3n) is 1.77. The first kappa shape index (κ1) is 11.0. The van der Waals surface area contributed by atoms with Gasteiger partial charge in [-0.1, -0.05) is 6.92 Å². The summed E-state index contributed by atoms with van der Waals surface area (Å²) in [5.74, 6) is -0.331. The highest BCUT2D eigenvalue weighted by atomic mass is 35.5. The van der Waals surface area contributed by atoms with Crippen LogP contribution in [0, 0.1) is 0 Å². The maximum absolute atomic E-state index is 11.5. The average molecular weight is 218 g/mol. The van der Waals surface area contributed by atoms with Crippen molar-refractivity contribution in [2.75, 3.05) is 6.61 Å². The van der Waals surface area contributed by atoms with Crippen molar-refractivity contribution < 1.29 is 9.53 Å². The minimum absolute atomic E-state index is 0.199. The van der Waals surface area contributed by atoms with E-state index in [9.17, 15) is 4.79 Å². The number of ether oxygens (including phenoxy) is 1. The Kier molecular flexibility index (Phi) is 3.88. The van der Waals surface area contributed by atoms with Crippen molar-refractivity contribution in [3.05, 3.63) is 11.6 Å². The molecule has 0 aromatic carbocycles. The first-order valence-electron chi connectivity index (χ1n) is 4.42. The molecule has 0 aliphatic rings. The zero-order chi connectivity index (χ0) is 10.6. The van der Waals surface area contributed by atoms with Gasteiger partial charge >= 0.3 is 5.97 Å². The fraction of sp³-hybridized carbons (Fsp3) is 0.625. The summed E-state index contributed by atoms with van der Waals surface area (Å²) in [6.45, 7) is 3.97. The van der Waals surface area contributed by atoms with Gasteiger partial charge in [0, 0.05) is 0 Å². The highest BCUT2D eigenvalue weighted by Gasteiger charge is 2.22. The lowest BCUT2D eigenvalue weighted by molar-refractivity contribution is -0.147. The first-order valence-corrected chi connectivity index (χ1v) is 4.80. The summed E-state index contributed by atoms with van der Waals surface area (Å²) in [5, 5.41) is 4.06. The molecule has 1 heterocycles. The molecule has 0 amide bonds. The summed E-state index contributed by atoms with van der Waals surface area (Å²) in [6, 6.07) is -0.482. The number of rotatable bonds is 4. The van der Waals surface area contributed by atoms with Crippen molar-refractivity contribution in [2.24, 2.45) is 0 Å². The lowest BCUT2D eigenvalue weighted by atomic mass is 10.2. The Hall–Kier alpha value is -1.10. The maximum atomic E-state index is 11.5. The number of nitrogens with zero attached hydrogens (tertiary/aromatic N) is 3. The van der Waals surface area contributed by atoms with Crippen LogP contribution in [0.1, 0.15) is 26.3 Å². The van der Waals surface area contributed by atoms with Gasteiger partial charge in [0.1, 0.15) is 6.33 Å². The molecule has 0 aliphatic carbocycles. The Morgan fingerprint density at radius 3 is 2.86 bits per heavy atom.